The summed E-state index contributed by atoms with van der Waals surface area (Å²) in [6, 6.07) is 11.3. The monoisotopic (exact) mass is 358 g/mol. The molecule has 2 amide bonds. The number of amides is 2. The number of nitrogens with one attached hydrogen (secondary N) is 2. The maximum atomic E-state index is 12.2. The second-order valence-electron chi connectivity index (χ2n) is 6.60. The van der Waals surface area contributed by atoms with E-state index in [0.29, 0.717) is 19.1 Å². The molecular weight excluding hydrogens is 336 g/mol. The van der Waals surface area contributed by atoms with Gasteiger partial charge >= 0.3 is 6.03 Å². The van der Waals surface area contributed by atoms with Gasteiger partial charge in [0.1, 0.15) is 6.10 Å². The van der Waals surface area contributed by atoms with Crippen molar-refractivity contribution in [2.24, 2.45) is 5.92 Å². The molecule has 6 heteroatoms. The zero-order valence-electron chi connectivity index (χ0n) is 13.9. The van der Waals surface area contributed by atoms with Crippen LogP contribution in [0, 0.1) is 5.92 Å². The van der Waals surface area contributed by atoms with Gasteiger partial charge in [0, 0.05) is 11.6 Å². The highest BCUT2D eigenvalue weighted by Crippen LogP contribution is 2.34. The molecule has 2 fully saturated rings. The number of ether oxygens (including phenoxy) is 2. The summed E-state index contributed by atoms with van der Waals surface area (Å²) in [5.41, 5.74) is 2.15. The van der Waals surface area contributed by atoms with Gasteiger partial charge in [-0.15, -0.1) is 0 Å². The Morgan fingerprint density at radius 1 is 1.12 bits per heavy atom. The first-order chi connectivity index (χ1) is 12.3. The van der Waals surface area contributed by atoms with Crippen molar-refractivity contribution in [3.8, 4) is 0 Å². The lowest BCUT2D eigenvalue weighted by Gasteiger charge is -2.18. The van der Waals surface area contributed by atoms with E-state index in [0.717, 1.165) is 18.5 Å². The van der Waals surface area contributed by atoms with Crippen molar-refractivity contribution in [1.82, 2.24) is 5.32 Å². The van der Waals surface area contributed by atoms with Crippen LogP contribution in [-0.4, -0.2) is 37.5 Å². The summed E-state index contributed by atoms with van der Waals surface area (Å²) in [7, 11) is 0. The molecule has 1 aromatic carbocycles. The van der Waals surface area contributed by atoms with E-state index < -0.39 is 0 Å². The molecule has 4 atom stereocenters. The van der Waals surface area contributed by atoms with Crippen LogP contribution in [0.5, 0.6) is 0 Å². The van der Waals surface area contributed by atoms with E-state index in [-0.39, 0.29) is 24.3 Å². The third-order valence-corrected chi connectivity index (χ3v) is 5.62. The van der Waals surface area contributed by atoms with Crippen molar-refractivity contribution in [2.45, 2.75) is 31.1 Å². The van der Waals surface area contributed by atoms with Crippen molar-refractivity contribution in [3.05, 3.63) is 52.7 Å². The Morgan fingerprint density at radius 3 is 2.76 bits per heavy atom. The first kappa shape index (κ1) is 16.6. The number of anilines is 1. The Kier molecular flexibility index (Phi) is 5.01. The predicted molar refractivity (Wildman–Crippen MR) is 98.0 cm³/mol. The van der Waals surface area contributed by atoms with Gasteiger partial charge in [-0.05, 0) is 47.4 Å². The number of aryl methyl sites for hydroxylation is 1. The van der Waals surface area contributed by atoms with E-state index in [9.17, 15) is 4.79 Å². The number of thiophene rings is 1. The zero-order valence-corrected chi connectivity index (χ0v) is 14.7. The number of rotatable bonds is 5. The van der Waals surface area contributed by atoms with Crippen molar-refractivity contribution in [3.63, 3.8) is 0 Å². The third kappa shape index (κ3) is 3.86. The molecule has 3 heterocycles. The quantitative estimate of drug-likeness (QED) is 0.862. The fraction of sp³-hybridized carbons (Fsp3) is 0.421. The average molecular weight is 358 g/mol. The molecule has 4 rings (SSSR count). The summed E-state index contributed by atoms with van der Waals surface area (Å²) < 4.78 is 11.9. The summed E-state index contributed by atoms with van der Waals surface area (Å²) in [6.07, 6.45) is 2.15. The predicted octanol–water partition coefficient (Wildman–Crippen LogP) is 3.28. The Labute approximate surface area is 151 Å². The Hall–Kier alpha value is -1.89. The lowest BCUT2D eigenvalue weighted by molar-refractivity contribution is 0.0615. The summed E-state index contributed by atoms with van der Waals surface area (Å²) in [4.78, 5) is 12.2. The van der Waals surface area contributed by atoms with E-state index in [4.69, 9.17) is 9.47 Å². The maximum Gasteiger partial charge on any atom is 0.319 e. The number of carbonyl (C=O) groups excluding carboxylic acids is 1. The largest absolute Gasteiger partial charge is 0.373 e. The van der Waals surface area contributed by atoms with Crippen LogP contribution in [0.4, 0.5) is 10.5 Å². The van der Waals surface area contributed by atoms with Crippen molar-refractivity contribution < 1.29 is 14.3 Å². The first-order valence-electron chi connectivity index (χ1n) is 8.66. The number of hydrogen-bond acceptors (Lipinski definition) is 4. The molecular formula is C19H22N2O3S. The van der Waals surface area contributed by atoms with Crippen LogP contribution >= 0.6 is 11.3 Å². The van der Waals surface area contributed by atoms with E-state index in [1.54, 1.807) is 11.3 Å². The van der Waals surface area contributed by atoms with Crippen molar-refractivity contribution in [2.75, 3.05) is 18.5 Å². The van der Waals surface area contributed by atoms with Crippen LogP contribution < -0.4 is 10.6 Å². The molecule has 0 bridgehead atoms. The van der Waals surface area contributed by atoms with E-state index in [2.05, 4.69) is 27.5 Å². The normalized spacial score (nSPS) is 27.8. The zero-order chi connectivity index (χ0) is 17.1. The van der Waals surface area contributed by atoms with Gasteiger partial charge in [0.15, 0.2) is 0 Å². The van der Waals surface area contributed by atoms with Gasteiger partial charge in [-0.3, -0.25) is 0 Å². The number of carbonyl (C=O) groups is 1. The molecule has 0 unspecified atom stereocenters. The molecule has 132 valence electrons. The molecule has 5 nitrogen and oxygen atoms in total. The standard InChI is InChI=1S/C19H22N2O3S/c22-19(20-15-4-2-1-3-5-15)21-16-11-24-17-14(10-23-18(16)17)7-6-13-8-9-25-12-13/h1-5,8-9,12,14,16-18H,6-7,10-11H2,(H2,20,21,22)/t14-,16+,17+,18-/m1/s1. The second-order valence-corrected chi connectivity index (χ2v) is 7.38. The van der Waals surface area contributed by atoms with Crippen LogP contribution in [0.15, 0.2) is 47.2 Å². The van der Waals surface area contributed by atoms with Crippen LogP contribution in [0.25, 0.3) is 0 Å². The second kappa shape index (κ2) is 7.56. The first-order valence-corrected chi connectivity index (χ1v) is 9.61. The van der Waals surface area contributed by atoms with E-state index in [1.165, 1.54) is 5.56 Å². The van der Waals surface area contributed by atoms with Gasteiger partial charge in [0.2, 0.25) is 0 Å². The van der Waals surface area contributed by atoms with Gasteiger partial charge < -0.3 is 20.1 Å². The number of benzene rings is 1. The van der Waals surface area contributed by atoms with Crippen molar-refractivity contribution >= 4 is 23.1 Å². The van der Waals surface area contributed by atoms with Crippen LogP contribution in [0.1, 0.15) is 12.0 Å². The van der Waals surface area contributed by atoms with Gasteiger partial charge in [-0.25, -0.2) is 4.79 Å². The Morgan fingerprint density at radius 2 is 1.96 bits per heavy atom. The molecule has 2 aliphatic rings. The summed E-state index contributed by atoms with van der Waals surface area (Å²) >= 11 is 1.73. The number of urea groups is 1. The fourth-order valence-corrected chi connectivity index (χ4v) is 4.30. The van der Waals surface area contributed by atoms with E-state index in [1.807, 2.05) is 30.3 Å². The molecule has 2 N–H and O–H groups in total. The number of fused-ring (bicyclic) bond motifs is 1. The van der Waals surface area contributed by atoms with Gasteiger partial charge in [0.05, 0.1) is 25.4 Å². The molecule has 0 aliphatic carbocycles. The fourth-order valence-electron chi connectivity index (χ4n) is 3.59. The summed E-state index contributed by atoms with van der Waals surface area (Å²) in [6.45, 7) is 1.21. The molecule has 1 aromatic heterocycles. The molecule has 25 heavy (non-hydrogen) atoms. The molecule has 0 spiro atoms. The average Bonchev–Trinajstić information content (AvgIpc) is 3.33. The maximum absolute atomic E-state index is 12.2. The smallest absolute Gasteiger partial charge is 0.319 e. The minimum Gasteiger partial charge on any atom is -0.373 e. The Balaban J connectivity index is 1.28. The Bertz CT molecular complexity index is 692. The lowest BCUT2D eigenvalue weighted by Crippen LogP contribution is -2.45. The minimum atomic E-state index is -0.217. The molecule has 0 radical (unpaired) electrons. The minimum absolute atomic E-state index is 0.0472. The van der Waals surface area contributed by atoms with Gasteiger partial charge in [-0.1, -0.05) is 18.2 Å². The molecule has 2 saturated heterocycles. The van der Waals surface area contributed by atoms with Crippen LogP contribution in [0.2, 0.25) is 0 Å². The number of para-hydroxylation sites is 1. The number of hydrogen-bond donors (Lipinski definition) is 2. The molecule has 2 aliphatic heterocycles. The van der Waals surface area contributed by atoms with Gasteiger partial charge in [-0.2, -0.15) is 11.3 Å². The highest BCUT2D eigenvalue weighted by Gasteiger charge is 2.47. The molecule has 2 aromatic rings. The lowest BCUT2D eigenvalue weighted by atomic mass is 9.94. The SMILES string of the molecule is O=C(Nc1ccccc1)N[C@H]1CO[C@H]2[C@H](CCc3ccsc3)CO[C@@H]21. The highest BCUT2D eigenvalue weighted by molar-refractivity contribution is 7.07. The van der Waals surface area contributed by atoms with Crippen molar-refractivity contribution in [1.29, 1.82) is 0 Å². The summed E-state index contributed by atoms with van der Waals surface area (Å²) in [5.74, 6) is 0.397. The van der Waals surface area contributed by atoms with Gasteiger partial charge in [0.25, 0.3) is 0 Å². The third-order valence-electron chi connectivity index (χ3n) is 4.89. The summed E-state index contributed by atoms with van der Waals surface area (Å²) in [5, 5.41) is 10.1. The topological polar surface area (TPSA) is 59.6 Å². The van der Waals surface area contributed by atoms with Crippen LogP contribution in [-0.2, 0) is 15.9 Å². The van der Waals surface area contributed by atoms with Crippen LogP contribution in [0.3, 0.4) is 0 Å². The molecule has 0 saturated carbocycles. The van der Waals surface area contributed by atoms with E-state index >= 15 is 0 Å². The highest BCUT2D eigenvalue weighted by atomic mass is 32.1.